The van der Waals surface area contributed by atoms with Crippen LogP contribution in [-0.2, 0) is 4.79 Å². The van der Waals surface area contributed by atoms with E-state index in [-0.39, 0.29) is 17.1 Å². The minimum Gasteiger partial charge on any atom is -0.495 e. The number of aromatic nitrogens is 2. The monoisotopic (exact) mass is 400 g/mol. The molecule has 28 heavy (non-hydrogen) atoms. The molecule has 9 nitrogen and oxygen atoms in total. The first-order chi connectivity index (χ1) is 13.4. The molecule has 3 rings (SSSR count). The zero-order valence-corrected chi connectivity index (χ0v) is 15.8. The number of nitro benzene ring substituents is 1. The highest BCUT2D eigenvalue weighted by molar-refractivity contribution is 7.13. The fourth-order valence-electron chi connectivity index (χ4n) is 2.51. The number of anilines is 1. The first-order valence-corrected chi connectivity index (χ1v) is 9.05. The van der Waals surface area contributed by atoms with Gasteiger partial charge in [0.15, 0.2) is 0 Å². The van der Waals surface area contributed by atoms with Crippen LogP contribution >= 0.6 is 11.3 Å². The second-order valence-electron chi connectivity index (χ2n) is 5.79. The number of methoxy groups -OCH3 is 1. The van der Waals surface area contributed by atoms with Gasteiger partial charge in [0.25, 0.3) is 11.2 Å². The summed E-state index contributed by atoms with van der Waals surface area (Å²) < 4.78 is 6.22. The van der Waals surface area contributed by atoms with Crippen LogP contribution in [0, 0.1) is 10.1 Å². The van der Waals surface area contributed by atoms with Crippen molar-refractivity contribution in [3.8, 4) is 16.3 Å². The molecule has 10 heteroatoms. The third-order valence-electron chi connectivity index (χ3n) is 4.00. The Balaban J connectivity index is 1.90. The van der Waals surface area contributed by atoms with Crippen molar-refractivity contribution in [1.29, 1.82) is 0 Å². The average molecular weight is 400 g/mol. The summed E-state index contributed by atoms with van der Waals surface area (Å²) in [5.74, 6) is -0.296. The third-order valence-corrected chi connectivity index (χ3v) is 4.89. The Kier molecular flexibility index (Phi) is 5.50. The van der Waals surface area contributed by atoms with Crippen molar-refractivity contribution in [3.05, 3.63) is 68.3 Å². The van der Waals surface area contributed by atoms with E-state index >= 15 is 0 Å². The molecule has 2 heterocycles. The SMILES string of the molecule is COc1ccc([N+](=O)[O-])cc1NC(=O)C(C)n1nc(-c2cccs2)ccc1=O. The summed E-state index contributed by atoms with van der Waals surface area (Å²) in [7, 11) is 1.39. The number of ether oxygens (including phenoxy) is 1. The van der Waals surface area contributed by atoms with Crippen LogP contribution in [0.3, 0.4) is 0 Å². The van der Waals surface area contributed by atoms with E-state index in [2.05, 4.69) is 10.4 Å². The minimum absolute atomic E-state index is 0.135. The molecule has 0 aliphatic heterocycles. The summed E-state index contributed by atoms with van der Waals surface area (Å²) >= 11 is 1.46. The molecule has 1 aromatic carbocycles. The van der Waals surface area contributed by atoms with E-state index in [4.69, 9.17) is 4.74 Å². The van der Waals surface area contributed by atoms with Crippen molar-refractivity contribution < 1.29 is 14.5 Å². The number of hydrogen-bond acceptors (Lipinski definition) is 7. The molecule has 0 saturated heterocycles. The second-order valence-corrected chi connectivity index (χ2v) is 6.73. The molecule has 1 unspecified atom stereocenters. The number of non-ortho nitro benzene ring substituents is 1. The highest BCUT2D eigenvalue weighted by atomic mass is 32.1. The normalized spacial score (nSPS) is 11.6. The van der Waals surface area contributed by atoms with Crippen molar-refractivity contribution >= 4 is 28.6 Å². The number of nitro groups is 1. The van der Waals surface area contributed by atoms with E-state index in [0.29, 0.717) is 5.69 Å². The van der Waals surface area contributed by atoms with E-state index in [1.54, 1.807) is 6.07 Å². The van der Waals surface area contributed by atoms with Crippen LogP contribution in [0.25, 0.3) is 10.6 Å². The summed E-state index contributed by atoms with van der Waals surface area (Å²) in [5.41, 5.74) is 0.0749. The van der Waals surface area contributed by atoms with Gasteiger partial charge < -0.3 is 10.1 Å². The topological polar surface area (TPSA) is 116 Å². The summed E-state index contributed by atoms with van der Waals surface area (Å²) in [4.78, 5) is 36.2. The molecule has 0 radical (unpaired) electrons. The summed E-state index contributed by atoms with van der Waals surface area (Å²) in [5, 5.41) is 19.7. The predicted molar refractivity (Wildman–Crippen MR) is 105 cm³/mol. The van der Waals surface area contributed by atoms with Crippen LogP contribution in [0.5, 0.6) is 5.75 Å². The summed E-state index contributed by atoms with van der Waals surface area (Å²) in [6.07, 6.45) is 0. The van der Waals surface area contributed by atoms with Gasteiger partial charge in [-0.05, 0) is 30.5 Å². The quantitative estimate of drug-likeness (QED) is 0.502. The predicted octanol–water partition coefficient (Wildman–Crippen LogP) is 3.09. The third kappa shape index (κ3) is 3.91. The Morgan fingerprint density at radius 2 is 2.11 bits per heavy atom. The lowest BCUT2D eigenvalue weighted by Gasteiger charge is -2.16. The number of thiophene rings is 1. The molecule has 0 aliphatic rings. The van der Waals surface area contributed by atoms with Gasteiger partial charge in [-0.25, -0.2) is 4.68 Å². The van der Waals surface area contributed by atoms with E-state index in [1.807, 2.05) is 17.5 Å². The van der Waals surface area contributed by atoms with Crippen LogP contribution in [0.4, 0.5) is 11.4 Å². The lowest BCUT2D eigenvalue weighted by Crippen LogP contribution is -2.33. The summed E-state index contributed by atoms with van der Waals surface area (Å²) in [6, 6.07) is 9.58. The largest absolute Gasteiger partial charge is 0.495 e. The van der Waals surface area contributed by atoms with Gasteiger partial charge in [-0.15, -0.1) is 11.3 Å². The van der Waals surface area contributed by atoms with Gasteiger partial charge in [-0.2, -0.15) is 5.10 Å². The van der Waals surface area contributed by atoms with Gasteiger partial charge in [-0.1, -0.05) is 6.07 Å². The fourth-order valence-corrected chi connectivity index (χ4v) is 3.20. The number of carbonyl (C=O) groups excluding carboxylic acids is 1. The molecule has 144 valence electrons. The highest BCUT2D eigenvalue weighted by Gasteiger charge is 2.21. The molecular weight excluding hydrogens is 384 g/mol. The number of carbonyl (C=O) groups is 1. The van der Waals surface area contributed by atoms with Gasteiger partial charge in [0.05, 0.1) is 22.6 Å². The van der Waals surface area contributed by atoms with Gasteiger partial charge in [0.2, 0.25) is 5.91 Å². The molecule has 0 spiro atoms. The number of nitrogens with zero attached hydrogens (tertiary/aromatic N) is 3. The molecule has 1 N–H and O–H groups in total. The van der Waals surface area contributed by atoms with E-state index in [0.717, 1.165) is 9.56 Å². The molecule has 0 bridgehead atoms. The number of benzene rings is 1. The zero-order chi connectivity index (χ0) is 20.3. The number of hydrogen-bond donors (Lipinski definition) is 1. The molecule has 1 amide bonds. The maximum Gasteiger partial charge on any atom is 0.271 e. The minimum atomic E-state index is -0.948. The van der Waals surface area contributed by atoms with E-state index < -0.39 is 22.4 Å². The van der Waals surface area contributed by atoms with Crippen LogP contribution < -0.4 is 15.6 Å². The van der Waals surface area contributed by atoms with Crippen molar-refractivity contribution in [1.82, 2.24) is 9.78 Å². The number of nitrogens with one attached hydrogen (secondary N) is 1. The first kappa shape index (κ1) is 19.2. The maximum absolute atomic E-state index is 12.7. The van der Waals surface area contributed by atoms with Crippen molar-refractivity contribution in [2.75, 3.05) is 12.4 Å². The zero-order valence-electron chi connectivity index (χ0n) is 15.0. The average Bonchev–Trinajstić information content (AvgIpc) is 3.22. The number of amides is 1. The maximum atomic E-state index is 12.7. The molecule has 2 aromatic heterocycles. The molecule has 3 aromatic rings. The van der Waals surface area contributed by atoms with Gasteiger partial charge in [0, 0.05) is 18.2 Å². The van der Waals surface area contributed by atoms with Crippen LogP contribution in [0.15, 0.2) is 52.6 Å². The Hall–Kier alpha value is -3.53. The fraction of sp³-hybridized carbons (Fsp3) is 0.167. The van der Waals surface area contributed by atoms with Gasteiger partial charge in [0.1, 0.15) is 17.5 Å². The molecule has 0 fully saturated rings. The van der Waals surface area contributed by atoms with Crippen LogP contribution in [0.2, 0.25) is 0 Å². The summed E-state index contributed by atoms with van der Waals surface area (Å²) in [6.45, 7) is 1.52. The smallest absolute Gasteiger partial charge is 0.271 e. The van der Waals surface area contributed by atoms with E-state index in [9.17, 15) is 19.7 Å². The van der Waals surface area contributed by atoms with Crippen molar-refractivity contribution in [3.63, 3.8) is 0 Å². The van der Waals surface area contributed by atoms with Gasteiger partial charge in [-0.3, -0.25) is 19.7 Å². The number of rotatable bonds is 6. The van der Waals surface area contributed by atoms with Crippen molar-refractivity contribution in [2.45, 2.75) is 13.0 Å². The Labute approximate surface area is 163 Å². The molecule has 0 saturated carbocycles. The molecular formula is C18H16N4O5S. The Morgan fingerprint density at radius 3 is 2.75 bits per heavy atom. The lowest BCUT2D eigenvalue weighted by molar-refractivity contribution is -0.384. The molecule has 1 atom stereocenters. The second kappa shape index (κ2) is 8.01. The van der Waals surface area contributed by atoms with Crippen LogP contribution in [-0.4, -0.2) is 27.7 Å². The van der Waals surface area contributed by atoms with Crippen molar-refractivity contribution in [2.24, 2.45) is 0 Å². The standard InChI is InChI=1S/C18H16N4O5S/c1-11(21-17(23)8-6-13(20-21)16-4-3-9-28-16)18(24)19-14-10-12(22(25)26)5-7-15(14)27-2/h3-11H,1-2H3,(H,19,24). The van der Waals surface area contributed by atoms with E-state index in [1.165, 1.54) is 49.6 Å². The lowest BCUT2D eigenvalue weighted by atomic mass is 10.2. The van der Waals surface area contributed by atoms with Gasteiger partial charge >= 0.3 is 0 Å². The first-order valence-electron chi connectivity index (χ1n) is 8.17. The highest BCUT2D eigenvalue weighted by Crippen LogP contribution is 2.29. The Bertz CT molecular complexity index is 1080. The van der Waals surface area contributed by atoms with Crippen LogP contribution in [0.1, 0.15) is 13.0 Å². The Morgan fingerprint density at radius 1 is 1.32 bits per heavy atom. The molecule has 0 aliphatic carbocycles.